The van der Waals surface area contributed by atoms with E-state index in [0.717, 1.165) is 19.3 Å². The number of nitrogens with zero attached hydrogens (tertiary/aromatic N) is 4. The van der Waals surface area contributed by atoms with Crippen molar-refractivity contribution in [3.63, 3.8) is 0 Å². The summed E-state index contributed by atoms with van der Waals surface area (Å²) in [5, 5.41) is 3.01. The third-order valence-corrected chi connectivity index (χ3v) is 3.42. The molecule has 0 atom stereocenters. The Balaban J connectivity index is 2.55. The second-order valence-electron chi connectivity index (χ2n) is 4.44. The highest BCUT2D eigenvalue weighted by Crippen LogP contribution is 2.11. The van der Waals surface area contributed by atoms with Crippen molar-refractivity contribution in [1.29, 1.82) is 0 Å². The van der Waals surface area contributed by atoms with Gasteiger partial charge in [0.1, 0.15) is 0 Å². The Morgan fingerprint density at radius 2 is 1.81 bits per heavy atom. The number of anilines is 3. The Kier molecular flexibility index (Phi) is 6.56. The number of sulfonamides is 1. The third kappa shape index (κ3) is 6.54. The van der Waals surface area contributed by atoms with Crippen LogP contribution in [-0.4, -0.2) is 55.8 Å². The van der Waals surface area contributed by atoms with Crippen LogP contribution in [0.25, 0.3) is 0 Å². The van der Waals surface area contributed by atoms with E-state index in [1.54, 1.807) is 0 Å². The van der Waals surface area contributed by atoms with Gasteiger partial charge in [-0.1, -0.05) is 0 Å². The predicted octanol–water partition coefficient (Wildman–Crippen LogP) is -0.349. The Morgan fingerprint density at radius 3 is 2.38 bits per heavy atom. The van der Waals surface area contributed by atoms with E-state index in [9.17, 15) is 8.42 Å². The highest BCUT2D eigenvalue weighted by Gasteiger charge is 2.09. The van der Waals surface area contributed by atoms with Gasteiger partial charge in [-0.25, -0.2) is 13.1 Å². The van der Waals surface area contributed by atoms with Crippen LogP contribution in [0, 0.1) is 0 Å². The third-order valence-electron chi connectivity index (χ3n) is 2.69. The molecule has 1 heterocycles. The molecule has 120 valence electrons. The number of hydrogen-bond donors (Lipinski definition) is 3. The lowest BCUT2D eigenvalue weighted by atomic mass is 10.4. The van der Waals surface area contributed by atoms with Gasteiger partial charge in [-0.15, -0.1) is 0 Å². The molecule has 0 aromatic carbocycles. The number of hydrogen-bond acceptors (Lipinski definition) is 8. The zero-order chi connectivity index (χ0) is 15.9. The molecular formula is C11H23N7O2S. The molecule has 0 spiro atoms. The minimum Gasteiger partial charge on any atom is -0.368 e. The van der Waals surface area contributed by atoms with E-state index in [0.29, 0.717) is 31.4 Å². The summed E-state index contributed by atoms with van der Waals surface area (Å²) >= 11 is 0. The Bertz CT molecular complexity index is 546. The second-order valence-corrected chi connectivity index (χ2v) is 6.27. The topological polar surface area (TPSA) is 126 Å². The van der Waals surface area contributed by atoms with Crippen LogP contribution in [0.4, 0.5) is 17.8 Å². The van der Waals surface area contributed by atoms with E-state index in [-0.39, 0.29) is 5.95 Å². The van der Waals surface area contributed by atoms with Crippen molar-refractivity contribution in [1.82, 2.24) is 19.7 Å². The van der Waals surface area contributed by atoms with Gasteiger partial charge in [-0.2, -0.15) is 15.0 Å². The van der Waals surface area contributed by atoms with Gasteiger partial charge in [-0.3, -0.25) is 0 Å². The summed E-state index contributed by atoms with van der Waals surface area (Å²) in [6, 6.07) is 0. The highest BCUT2D eigenvalue weighted by molar-refractivity contribution is 7.88. The van der Waals surface area contributed by atoms with Gasteiger partial charge in [0.05, 0.1) is 6.26 Å². The SMILES string of the molecule is CCN(CC)c1nc(N)nc(NCCCNS(C)(=O)=O)n1. The molecule has 0 bridgehead atoms. The van der Waals surface area contributed by atoms with Gasteiger partial charge in [-0.05, 0) is 20.3 Å². The van der Waals surface area contributed by atoms with Crippen LogP contribution in [0.2, 0.25) is 0 Å². The first-order valence-corrected chi connectivity index (χ1v) is 8.69. The summed E-state index contributed by atoms with van der Waals surface area (Å²) in [5.41, 5.74) is 5.67. The van der Waals surface area contributed by atoms with Gasteiger partial charge in [0.2, 0.25) is 27.9 Å². The summed E-state index contributed by atoms with van der Waals surface area (Å²) in [7, 11) is -3.15. The van der Waals surface area contributed by atoms with E-state index < -0.39 is 10.0 Å². The van der Waals surface area contributed by atoms with Crippen LogP contribution in [-0.2, 0) is 10.0 Å². The number of nitrogens with two attached hydrogens (primary N) is 1. The lowest BCUT2D eigenvalue weighted by molar-refractivity contribution is 0.586. The fourth-order valence-electron chi connectivity index (χ4n) is 1.65. The Labute approximate surface area is 125 Å². The number of nitrogen functional groups attached to an aromatic ring is 1. The minimum atomic E-state index is -3.15. The maximum atomic E-state index is 10.9. The smallest absolute Gasteiger partial charge is 0.231 e. The summed E-state index contributed by atoms with van der Waals surface area (Å²) < 4.78 is 24.2. The molecule has 0 amide bonds. The van der Waals surface area contributed by atoms with Gasteiger partial charge in [0, 0.05) is 26.2 Å². The predicted molar refractivity (Wildman–Crippen MR) is 83.8 cm³/mol. The first kappa shape index (κ1) is 17.4. The lowest BCUT2D eigenvalue weighted by Gasteiger charge is -2.19. The fraction of sp³-hybridized carbons (Fsp3) is 0.727. The lowest BCUT2D eigenvalue weighted by Crippen LogP contribution is -2.26. The van der Waals surface area contributed by atoms with Gasteiger partial charge in [0.15, 0.2) is 0 Å². The molecule has 10 heteroatoms. The van der Waals surface area contributed by atoms with Crippen molar-refractivity contribution in [2.45, 2.75) is 20.3 Å². The molecule has 1 rings (SSSR count). The van der Waals surface area contributed by atoms with E-state index >= 15 is 0 Å². The fourth-order valence-corrected chi connectivity index (χ4v) is 2.17. The van der Waals surface area contributed by atoms with Gasteiger partial charge < -0.3 is 16.0 Å². The average molecular weight is 317 g/mol. The molecule has 0 radical (unpaired) electrons. The maximum Gasteiger partial charge on any atom is 0.231 e. The molecule has 0 aliphatic heterocycles. The van der Waals surface area contributed by atoms with Crippen molar-refractivity contribution in [3.8, 4) is 0 Å². The standard InChI is InChI=1S/C11H23N7O2S/c1-4-18(5-2)11-16-9(12)15-10(17-11)13-7-6-8-14-21(3,19)20/h14H,4-8H2,1-3H3,(H3,12,13,15,16,17). The molecule has 4 N–H and O–H groups in total. The van der Waals surface area contributed by atoms with Crippen LogP contribution in [0.15, 0.2) is 0 Å². The summed E-state index contributed by atoms with van der Waals surface area (Å²) in [4.78, 5) is 14.4. The van der Waals surface area contributed by atoms with Crippen molar-refractivity contribution in [3.05, 3.63) is 0 Å². The van der Waals surface area contributed by atoms with Crippen LogP contribution >= 0.6 is 0 Å². The van der Waals surface area contributed by atoms with E-state index in [1.165, 1.54) is 0 Å². The first-order chi connectivity index (χ1) is 9.85. The number of rotatable bonds is 9. The first-order valence-electron chi connectivity index (χ1n) is 6.80. The molecule has 0 aliphatic rings. The molecule has 1 aromatic heterocycles. The normalized spacial score (nSPS) is 11.4. The quantitative estimate of drug-likeness (QED) is 0.528. The molecule has 0 saturated carbocycles. The molecular weight excluding hydrogens is 294 g/mol. The summed E-state index contributed by atoms with van der Waals surface area (Å²) in [6.07, 6.45) is 1.74. The zero-order valence-electron chi connectivity index (χ0n) is 12.6. The average Bonchev–Trinajstić information content (AvgIpc) is 2.38. The van der Waals surface area contributed by atoms with Gasteiger partial charge >= 0.3 is 0 Å². The minimum absolute atomic E-state index is 0.156. The molecule has 0 aliphatic carbocycles. The largest absolute Gasteiger partial charge is 0.368 e. The molecule has 0 unspecified atom stereocenters. The number of aromatic nitrogens is 3. The van der Waals surface area contributed by atoms with Crippen molar-refractivity contribution in [2.24, 2.45) is 0 Å². The summed E-state index contributed by atoms with van der Waals surface area (Å²) in [5.74, 6) is 1.08. The molecule has 1 aromatic rings. The van der Waals surface area contributed by atoms with Crippen molar-refractivity contribution >= 4 is 27.9 Å². The van der Waals surface area contributed by atoms with Crippen LogP contribution in [0.3, 0.4) is 0 Å². The number of nitrogens with one attached hydrogen (secondary N) is 2. The summed E-state index contributed by atoms with van der Waals surface area (Å²) in [6.45, 7) is 6.45. The molecule has 0 fully saturated rings. The Morgan fingerprint density at radius 1 is 1.14 bits per heavy atom. The van der Waals surface area contributed by atoms with Crippen molar-refractivity contribution in [2.75, 3.05) is 48.4 Å². The van der Waals surface area contributed by atoms with Crippen LogP contribution < -0.4 is 20.7 Å². The van der Waals surface area contributed by atoms with E-state index in [1.807, 2.05) is 18.7 Å². The molecule has 0 saturated heterocycles. The highest BCUT2D eigenvalue weighted by atomic mass is 32.2. The van der Waals surface area contributed by atoms with Gasteiger partial charge in [0.25, 0.3) is 0 Å². The van der Waals surface area contributed by atoms with Crippen molar-refractivity contribution < 1.29 is 8.42 Å². The molecule has 9 nitrogen and oxygen atoms in total. The molecule has 21 heavy (non-hydrogen) atoms. The zero-order valence-corrected chi connectivity index (χ0v) is 13.4. The second kappa shape index (κ2) is 7.93. The van der Waals surface area contributed by atoms with E-state index in [2.05, 4.69) is 25.0 Å². The van der Waals surface area contributed by atoms with Crippen LogP contribution in [0.1, 0.15) is 20.3 Å². The monoisotopic (exact) mass is 317 g/mol. The Hall–Kier alpha value is -1.68. The van der Waals surface area contributed by atoms with Crippen LogP contribution in [0.5, 0.6) is 0 Å². The van der Waals surface area contributed by atoms with E-state index in [4.69, 9.17) is 5.73 Å². The maximum absolute atomic E-state index is 10.9.